The van der Waals surface area contributed by atoms with Crippen molar-refractivity contribution in [2.45, 2.75) is 105 Å². The third-order valence-electron chi connectivity index (χ3n) is 11.1. The van der Waals surface area contributed by atoms with Crippen molar-refractivity contribution >= 4 is 23.7 Å². The topological polar surface area (TPSA) is 107 Å². The Morgan fingerprint density at radius 1 is 1.03 bits per heavy atom. The average molecular weight is 505 g/mol. The Labute approximate surface area is 215 Å². The standard InChI is InChI=1S/C29H44O7/c1-7-19-22-13-18(35-16(3)30)10-11-28(22,5)23-14-24(32)29(6)20(15(2)12-25(33)34)8-9-21(29)26(23)27(19)36-17(4)31/h15,18-23,26-27H,7-14H2,1-6H3,(H,33,34)/t15-,18-,19-,20-,21?,22+,23?,26?,27?,28+,29-/m1/s1. The SMILES string of the molecule is CC[C@H]1C(OC(C)=O)C2C3CC[C@H]([C@H](C)CC(=O)O)[C@@]3(C)C(=O)CC2[C@@]2(C)CC[C@@H](OC(C)=O)C[C@@H]12. The molecule has 7 heteroatoms. The second kappa shape index (κ2) is 9.75. The van der Waals surface area contributed by atoms with Gasteiger partial charge >= 0.3 is 17.9 Å². The van der Waals surface area contributed by atoms with Crippen LogP contribution in [0.4, 0.5) is 0 Å². The number of Topliss-reactive ketones (excluding diaryl/α,β-unsaturated/α-hetero) is 1. The van der Waals surface area contributed by atoms with Crippen molar-refractivity contribution in [3.8, 4) is 0 Å². The molecule has 0 aromatic heterocycles. The van der Waals surface area contributed by atoms with E-state index in [2.05, 4.69) is 20.8 Å². The Morgan fingerprint density at radius 3 is 2.28 bits per heavy atom. The maximum Gasteiger partial charge on any atom is 0.303 e. The van der Waals surface area contributed by atoms with Crippen LogP contribution in [-0.4, -0.2) is 41.0 Å². The quantitative estimate of drug-likeness (QED) is 0.505. The number of hydrogen-bond acceptors (Lipinski definition) is 6. The van der Waals surface area contributed by atoms with Crippen LogP contribution in [0.25, 0.3) is 0 Å². The zero-order valence-electron chi connectivity index (χ0n) is 22.7. The molecule has 0 saturated heterocycles. The van der Waals surface area contributed by atoms with Gasteiger partial charge in [-0.1, -0.05) is 27.7 Å². The lowest BCUT2D eigenvalue weighted by molar-refractivity contribution is -0.216. The van der Waals surface area contributed by atoms with Gasteiger partial charge in [0.05, 0.1) is 0 Å². The Kier molecular flexibility index (Phi) is 7.35. The normalized spacial score (nSPS) is 44.6. The average Bonchev–Trinajstić information content (AvgIpc) is 3.13. The molecule has 0 bridgehead atoms. The van der Waals surface area contributed by atoms with Gasteiger partial charge in [-0.25, -0.2) is 0 Å². The van der Waals surface area contributed by atoms with Gasteiger partial charge in [0.15, 0.2) is 0 Å². The second-order valence-corrected chi connectivity index (χ2v) is 12.7. The van der Waals surface area contributed by atoms with E-state index < -0.39 is 11.4 Å². The summed E-state index contributed by atoms with van der Waals surface area (Å²) in [5.41, 5.74) is -0.689. The molecule has 1 N–H and O–H groups in total. The van der Waals surface area contributed by atoms with Crippen LogP contribution in [-0.2, 0) is 28.7 Å². The number of carbonyl (C=O) groups is 4. The van der Waals surface area contributed by atoms with Gasteiger partial charge < -0.3 is 14.6 Å². The van der Waals surface area contributed by atoms with Crippen molar-refractivity contribution in [1.82, 2.24) is 0 Å². The minimum absolute atomic E-state index is 0.0235. The molecule has 0 radical (unpaired) electrons. The third-order valence-corrected chi connectivity index (χ3v) is 11.1. The number of ether oxygens (including phenoxy) is 2. The monoisotopic (exact) mass is 504 g/mol. The summed E-state index contributed by atoms with van der Waals surface area (Å²) in [5, 5.41) is 9.45. The van der Waals surface area contributed by atoms with E-state index in [4.69, 9.17) is 9.47 Å². The number of fused-ring (bicyclic) bond motifs is 5. The van der Waals surface area contributed by atoms with Gasteiger partial charge in [0.2, 0.25) is 0 Å². The van der Waals surface area contributed by atoms with Crippen molar-refractivity contribution < 1.29 is 33.8 Å². The fourth-order valence-corrected chi connectivity index (χ4v) is 9.68. The zero-order chi connectivity index (χ0) is 26.6. The first-order valence-corrected chi connectivity index (χ1v) is 13.9. The number of hydrogen-bond donors (Lipinski definition) is 1. The van der Waals surface area contributed by atoms with E-state index in [0.29, 0.717) is 6.42 Å². The molecule has 7 nitrogen and oxygen atoms in total. The maximum atomic E-state index is 14.0. The molecular formula is C29H44O7. The molecule has 0 aromatic rings. The summed E-state index contributed by atoms with van der Waals surface area (Å²) < 4.78 is 11.8. The Balaban J connectivity index is 1.75. The molecule has 202 valence electrons. The maximum absolute atomic E-state index is 14.0. The van der Waals surface area contributed by atoms with E-state index in [0.717, 1.165) is 38.5 Å². The van der Waals surface area contributed by atoms with Crippen LogP contribution in [0.1, 0.15) is 92.9 Å². The lowest BCUT2D eigenvalue weighted by atomic mass is 9.41. The van der Waals surface area contributed by atoms with Crippen molar-refractivity contribution in [3.63, 3.8) is 0 Å². The fraction of sp³-hybridized carbons (Fsp3) is 0.862. The highest BCUT2D eigenvalue weighted by atomic mass is 16.5. The molecule has 4 aliphatic carbocycles. The molecule has 4 rings (SSSR count). The molecule has 4 unspecified atom stereocenters. The number of carboxylic acids is 1. The third kappa shape index (κ3) is 4.28. The van der Waals surface area contributed by atoms with Crippen LogP contribution in [0, 0.1) is 52.3 Å². The van der Waals surface area contributed by atoms with E-state index in [1.165, 1.54) is 13.8 Å². The molecule has 4 aliphatic rings. The molecule has 0 amide bonds. The predicted molar refractivity (Wildman–Crippen MR) is 133 cm³/mol. The molecule has 0 spiro atoms. The van der Waals surface area contributed by atoms with Gasteiger partial charge in [-0.15, -0.1) is 0 Å². The highest BCUT2D eigenvalue weighted by Gasteiger charge is 2.68. The van der Waals surface area contributed by atoms with E-state index in [9.17, 15) is 24.3 Å². The summed E-state index contributed by atoms with van der Waals surface area (Å²) in [6.07, 6.45) is 5.07. The number of carboxylic acid groups (broad SMARTS) is 1. The van der Waals surface area contributed by atoms with E-state index in [1.54, 1.807) is 0 Å². The highest BCUT2D eigenvalue weighted by molar-refractivity contribution is 5.87. The Hall–Kier alpha value is -1.92. The molecule has 4 fully saturated rings. The van der Waals surface area contributed by atoms with E-state index in [-0.39, 0.29) is 83.2 Å². The molecular weight excluding hydrogens is 460 g/mol. The molecule has 0 heterocycles. The minimum atomic E-state index is -0.822. The largest absolute Gasteiger partial charge is 0.481 e. The van der Waals surface area contributed by atoms with Crippen LogP contribution in [0.2, 0.25) is 0 Å². The number of aliphatic carboxylic acids is 1. The van der Waals surface area contributed by atoms with Gasteiger partial charge in [-0.2, -0.15) is 0 Å². The number of carbonyl (C=O) groups excluding carboxylic acids is 3. The molecule has 4 saturated carbocycles. The second-order valence-electron chi connectivity index (χ2n) is 12.7. The van der Waals surface area contributed by atoms with Crippen molar-refractivity contribution in [3.05, 3.63) is 0 Å². The lowest BCUT2D eigenvalue weighted by Gasteiger charge is -2.64. The van der Waals surface area contributed by atoms with Crippen molar-refractivity contribution in [2.75, 3.05) is 0 Å². The van der Waals surface area contributed by atoms with E-state index in [1.807, 2.05) is 6.92 Å². The van der Waals surface area contributed by atoms with Crippen molar-refractivity contribution in [2.24, 2.45) is 52.3 Å². The summed E-state index contributed by atoms with van der Waals surface area (Å²) in [5.74, 6) is -0.594. The number of esters is 2. The van der Waals surface area contributed by atoms with Crippen LogP contribution in [0.15, 0.2) is 0 Å². The molecule has 11 atom stereocenters. The van der Waals surface area contributed by atoms with Gasteiger partial charge in [0.1, 0.15) is 18.0 Å². The number of ketones is 1. The van der Waals surface area contributed by atoms with Gasteiger partial charge in [0.25, 0.3) is 0 Å². The Bertz CT molecular complexity index is 913. The fourth-order valence-electron chi connectivity index (χ4n) is 9.68. The van der Waals surface area contributed by atoms with Crippen molar-refractivity contribution in [1.29, 1.82) is 0 Å². The molecule has 0 aliphatic heterocycles. The van der Waals surface area contributed by atoms with E-state index >= 15 is 0 Å². The predicted octanol–water partition coefficient (Wildman–Crippen LogP) is 5.04. The molecule has 0 aromatic carbocycles. The summed E-state index contributed by atoms with van der Waals surface area (Å²) in [4.78, 5) is 49.7. The first kappa shape index (κ1) is 27.1. The van der Waals surface area contributed by atoms with Gasteiger partial charge in [0, 0.05) is 38.0 Å². The highest BCUT2D eigenvalue weighted by Crippen LogP contribution is 2.69. The zero-order valence-corrected chi connectivity index (χ0v) is 22.7. The summed E-state index contributed by atoms with van der Waals surface area (Å²) in [7, 11) is 0. The minimum Gasteiger partial charge on any atom is -0.481 e. The van der Waals surface area contributed by atoms with Gasteiger partial charge in [-0.3, -0.25) is 19.2 Å². The van der Waals surface area contributed by atoms with Gasteiger partial charge in [-0.05, 0) is 79.4 Å². The lowest BCUT2D eigenvalue weighted by Crippen LogP contribution is -2.65. The number of rotatable bonds is 6. The smallest absolute Gasteiger partial charge is 0.303 e. The first-order valence-electron chi connectivity index (χ1n) is 13.9. The van der Waals surface area contributed by atoms with Crippen LogP contribution < -0.4 is 0 Å². The summed E-state index contributed by atoms with van der Waals surface area (Å²) in [6.45, 7) is 11.4. The Morgan fingerprint density at radius 2 is 1.69 bits per heavy atom. The summed E-state index contributed by atoms with van der Waals surface area (Å²) in [6, 6.07) is 0. The first-order chi connectivity index (χ1) is 16.8. The summed E-state index contributed by atoms with van der Waals surface area (Å²) >= 11 is 0. The van der Waals surface area contributed by atoms with Crippen LogP contribution >= 0.6 is 0 Å². The van der Waals surface area contributed by atoms with Crippen LogP contribution in [0.3, 0.4) is 0 Å². The molecule has 36 heavy (non-hydrogen) atoms. The van der Waals surface area contributed by atoms with Crippen LogP contribution in [0.5, 0.6) is 0 Å².